The summed E-state index contributed by atoms with van der Waals surface area (Å²) in [5.41, 5.74) is 0.769. The van der Waals surface area contributed by atoms with Crippen LogP contribution in [0.5, 0.6) is 0 Å². The van der Waals surface area contributed by atoms with Crippen molar-refractivity contribution in [3.05, 3.63) is 46.3 Å². The minimum atomic E-state index is -3.63. The van der Waals surface area contributed by atoms with Gasteiger partial charge in [0.25, 0.3) is 10.0 Å². The van der Waals surface area contributed by atoms with Crippen LogP contribution in [0.15, 0.2) is 35.7 Å². The molecule has 21 heavy (non-hydrogen) atoms. The van der Waals surface area contributed by atoms with Gasteiger partial charge in [-0.15, -0.1) is 0 Å². The van der Waals surface area contributed by atoms with E-state index >= 15 is 0 Å². The molecule has 8 heteroatoms. The molecule has 0 aliphatic rings. The molecule has 0 unspecified atom stereocenters. The summed E-state index contributed by atoms with van der Waals surface area (Å²) >= 11 is 11.8. The SMILES string of the molecule is CCN(Cc1ccc(Cl)c(Cl)c1)S(=O)(=O)c1cn(C)cn1. The topological polar surface area (TPSA) is 55.2 Å². The molecular formula is C13H15Cl2N3O2S. The molecule has 1 aromatic carbocycles. The van der Waals surface area contributed by atoms with Gasteiger partial charge in [0.05, 0.1) is 16.4 Å². The van der Waals surface area contributed by atoms with Gasteiger partial charge in [0, 0.05) is 26.3 Å². The summed E-state index contributed by atoms with van der Waals surface area (Å²) in [6.07, 6.45) is 2.94. The van der Waals surface area contributed by atoms with Crippen LogP contribution in [0.1, 0.15) is 12.5 Å². The van der Waals surface area contributed by atoms with Crippen molar-refractivity contribution >= 4 is 33.2 Å². The van der Waals surface area contributed by atoms with E-state index in [0.29, 0.717) is 16.6 Å². The lowest BCUT2D eigenvalue weighted by molar-refractivity contribution is 0.421. The van der Waals surface area contributed by atoms with Crippen molar-refractivity contribution < 1.29 is 8.42 Å². The van der Waals surface area contributed by atoms with E-state index in [1.165, 1.54) is 16.8 Å². The third-order valence-corrected chi connectivity index (χ3v) is 5.53. The lowest BCUT2D eigenvalue weighted by Crippen LogP contribution is -2.30. The second-order valence-corrected chi connectivity index (χ2v) is 7.26. The van der Waals surface area contributed by atoms with Gasteiger partial charge in [-0.05, 0) is 17.7 Å². The molecule has 5 nitrogen and oxygen atoms in total. The van der Waals surface area contributed by atoms with E-state index in [-0.39, 0.29) is 11.6 Å². The van der Waals surface area contributed by atoms with Crippen LogP contribution >= 0.6 is 23.2 Å². The van der Waals surface area contributed by atoms with E-state index in [0.717, 1.165) is 5.56 Å². The van der Waals surface area contributed by atoms with Crippen LogP contribution in [0.2, 0.25) is 10.0 Å². The van der Waals surface area contributed by atoms with Gasteiger partial charge < -0.3 is 4.57 Å². The Balaban J connectivity index is 2.29. The van der Waals surface area contributed by atoms with E-state index in [1.54, 1.807) is 36.7 Å². The monoisotopic (exact) mass is 347 g/mol. The first-order chi connectivity index (χ1) is 9.84. The predicted molar refractivity (Wildman–Crippen MR) is 82.9 cm³/mol. The molecule has 0 saturated carbocycles. The fourth-order valence-corrected chi connectivity index (χ4v) is 3.59. The van der Waals surface area contributed by atoms with Crippen molar-refractivity contribution in [1.82, 2.24) is 13.9 Å². The van der Waals surface area contributed by atoms with Crippen LogP contribution in [0, 0.1) is 0 Å². The molecule has 2 rings (SSSR count). The third-order valence-electron chi connectivity index (χ3n) is 2.98. The highest BCUT2D eigenvalue weighted by molar-refractivity contribution is 7.89. The molecule has 0 saturated heterocycles. The molecule has 0 N–H and O–H groups in total. The average Bonchev–Trinajstić information content (AvgIpc) is 2.87. The summed E-state index contributed by atoms with van der Waals surface area (Å²) in [5, 5.41) is 0.878. The Kier molecular flexibility index (Phi) is 4.93. The van der Waals surface area contributed by atoms with Crippen molar-refractivity contribution in [2.75, 3.05) is 6.54 Å². The second kappa shape index (κ2) is 6.36. The minimum Gasteiger partial charge on any atom is -0.339 e. The highest BCUT2D eigenvalue weighted by atomic mass is 35.5. The molecule has 0 radical (unpaired) electrons. The number of halogens is 2. The van der Waals surface area contributed by atoms with Crippen LogP contribution < -0.4 is 0 Å². The molecule has 2 aromatic rings. The predicted octanol–water partition coefficient (Wildman–Crippen LogP) is 2.94. The zero-order valence-corrected chi connectivity index (χ0v) is 14.0. The Hall–Kier alpha value is -1.08. The number of benzene rings is 1. The Bertz CT molecular complexity index is 744. The van der Waals surface area contributed by atoms with Gasteiger partial charge in [-0.2, -0.15) is 4.31 Å². The Morgan fingerprint density at radius 2 is 2.00 bits per heavy atom. The average molecular weight is 348 g/mol. The number of sulfonamides is 1. The number of rotatable bonds is 5. The molecule has 114 valence electrons. The number of imidazole rings is 1. The lowest BCUT2D eigenvalue weighted by atomic mass is 10.2. The standard InChI is InChI=1S/C13H15Cl2N3O2S/c1-3-18(7-10-4-5-11(14)12(15)6-10)21(19,20)13-8-17(2)9-16-13/h4-6,8-9H,3,7H2,1-2H3. The van der Waals surface area contributed by atoms with Crippen molar-refractivity contribution in [2.24, 2.45) is 7.05 Å². The summed E-state index contributed by atoms with van der Waals surface area (Å²) in [6.45, 7) is 2.32. The van der Waals surface area contributed by atoms with E-state index in [9.17, 15) is 8.42 Å². The highest BCUT2D eigenvalue weighted by Gasteiger charge is 2.25. The summed E-state index contributed by atoms with van der Waals surface area (Å²) < 4.78 is 28.0. The fraction of sp³-hybridized carbons (Fsp3) is 0.308. The van der Waals surface area contributed by atoms with Gasteiger partial charge in [0.1, 0.15) is 0 Å². The Morgan fingerprint density at radius 1 is 1.29 bits per heavy atom. The van der Waals surface area contributed by atoms with Gasteiger partial charge in [-0.25, -0.2) is 13.4 Å². The van der Waals surface area contributed by atoms with Crippen LogP contribution in [0.4, 0.5) is 0 Å². The maximum atomic E-state index is 12.5. The summed E-state index contributed by atoms with van der Waals surface area (Å²) in [6, 6.07) is 5.08. The maximum absolute atomic E-state index is 12.5. The molecule has 0 spiro atoms. The maximum Gasteiger partial charge on any atom is 0.262 e. The first-order valence-corrected chi connectivity index (χ1v) is 8.46. The Morgan fingerprint density at radius 3 is 2.52 bits per heavy atom. The van der Waals surface area contributed by atoms with Crippen LogP contribution in [0.3, 0.4) is 0 Å². The van der Waals surface area contributed by atoms with E-state index < -0.39 is 10.0 Å². The van der Waals surface area contributed by atoms with Crippen molar-refractivity contribution in [2.45, 2.75) is 18.5 Å². The van der Waals surface area contributed by atoms with Gasteiger partial charge >= 0.3 is 0 Å². The zero-order valence-electron chi connectivity index (χ0n) is 11.6. The quantitative estimate of drug-likeness (QED) is 0.835. The first-order valence-electron chi connectivity index (χ1n) is 6.26. The van der Waals surface area contributed by atoms with Crippen LogP contribution in [0.25, 0.3) is 0 Å². The first kappa shape index (κ1) is 16.3. The van der Waals surface area contributed by atoms with E-state index in [1.807, 2.05) is 0 Å². The van der Waals surface area contributed by atoms with E-state index in [2.05, 4.69) is 4.98 Å². The van der Waals surface area contributed by atoms with Crippen LogP contribution in [-0.2, 0) is 23.6 Å². The Labute approximate surface area is 134 Å². The largest absolute Gasteiger partial charge is 0.339 e. The number of nitrogens with zero attached hydrogens (tertiary/aromatic N) is 3. The molecule has 0 amide bonds. The number of aromatic nitrogens is 2. The van der Waals surface area contributed by atoms with Crippen molar-refractivity contribution in [1.29, 1.82) is 0 Å². The summed E-state index contributed by atoms with van der Waals surface area (Å²) in [4.78, 5) is 3.92. The zero-order chi connectivity index (χ0) is 15.6. The summed E-state index contributed by atoms with van der Waals surface area (Å²) in [7, 11) is -1.90. The molecule has 0 atom stereocenters. The molecule has 0 aliphatic heterocycles. The molecule has 1 aromatic heterocycles. The summed E-state index contributed by atoms with van der Waals surface area (Å²) in [5.74, 6) is 0. The van der Waals surface area contributed by atoms with E-state index in [4.69, 9.17) is 23.2 Å². The van der Waals surface area contributed by atoms with Crippen molar-refractivity contribution in [3.63, 3.8) is 0 Å². The highest BCUT2D eigenvalue weighted by Crippen LogP contribution is 2.24. The van der Waals surface area contributed by atoms with Gasteiger partial charge in [-0.3, -0.25) is 0 Å². The van der Waals surface area contributed by atoms with Gasteiger partial charge in [0.2, 0.25) is 0 Å². The number of hydrogen-bond acceptors (Lipinski definition) is 3. The third kappa shape index (κ3) is 3.58. The van der Waals surface area contributed by atoms with Crippen molar-refractivity contribution in [3.8, 4) is 0 Å². The number of aryl methyl sites for hydroxylation is 1. The normalized spacial score (nSPS) is 12.0. The molecule has 0 bridgehead atoms. The lowest BCUT2D eigenvalue weighted by Gasteiger charge is -2.19. The second-order valence-electron chi connectivity index (χ2n) is 4.56. The minimum absolute atomic E-state index is 0.0342. The van der Waals surface area contributed by atoms with Gasteiger partial charge in [-0.1, -0.05) is 36.2 Å². The fourth-order valence-electron chi connectivity index (χ4n) is 1.86. The van der Waals surface area contributed by atoms with Crippen LogP contribution in [-0.4, -0.2) is 28.8 Å². The molecule has 1 heterocycles. The molecule has 0 aliphatic carbocycles. The van der Waals surface area contributed by atoms with Gasteiger partial charge in [0.15, 0.2) is 5.03 Å². The molecular weight excluding hydrogens is 333 g/mol. The smallest absolute Gasteiger partial charge is 0.262 e. The number of hydrogen-bond donors (Lipinski definition) is 0. The molecule has 0 fully saturated rings.